The molecule has 0 aromatic heterocycles. The molecule has 0 bridgehead atoms. The lowest BCUT2D eigenvalue weighted by atomic mass is 10.0. The number of nitrogens with zero attached hydrogens (tertiary/aromatic N) is 1. The van der Waals surface area contributed by atoms with Crippen molar-refractivity contribution in [2.75, 3.05) is 34.1 Å². The quantitative estimate of drug-likeness (QED) is 0.190. The highest BCUT2D eigenvalue weighted by molar-refractivity contribution is 7.98. The number of carbonyl (C=O) groups is 2. The van der Waals surface area contributed by atoms with E-state index in [2.05, 4.69) is 0 Å². The summed E-state index contributed by atoms with van der Waals surface area (Å²) in [5.74, 6) is -1.85. The topological polar surface area (TPSA) is 55.8 Å². The van der Waals surface area contributed by atoms with Crippen molar-refractivity contribution in [3.05, 3.63) is 35.3 Å². The molecule has 1 aromatic carbocycles. The van der Waals surface area contributed by atoms with Crippen LogP contribution >= 0.6 is 11.8 Å². The van der Waals surface area contributed by atoms with Crippen molar-refractivity contribution in [1.82, 2.24) is 4.90 Å². The molecule has 1 aromatic rings. The molecular weight excluding hydrogens is 321 g/mol. The van der Waals surface area contributed by atoms with Crippen LogP contribution in [0.15, 0.2) is 28.8 Å². The highest BCUT2D eigenvalue weighted by Crippen LogP contribution is 2.35. The number of hydrogen-bond acceptors (Lipinski definition) is 6. The van der Waals surface area contributed by atoms with E-state index < -0.39 is 17.6 Å². The summed E-state index contributed by atoms with van der Waals surface area (Å²) in [7, 11) is 4.70. The molecule has 0 aliphatic rings. The van der Waals surface area contributed by atoms with Gasteiger partial charge in [-0.15, -0.1) is 11.8 Å². The van der Waals surface area contributed by atoms with Crippen LogP contribution < -0.4 is 4.74 Å². The van der Waals surface area contributed by atoms with Gasteiger partial charge in [0.2, 0.25) is 5.78 Å². The maximum absolute atomic E-state index is 13.8. The number of ether oxygens (including phenoxy) is 2. The largest absolute Gasteiger partial charge is 0.492 e. The minimum Gasteiger partial charge on any atom is -0.492 e. The predicted octanol–water partition coefficient (Wildman–Crippen LogP) is 2.75. The zero-order valence-corrected chi connectivity index (χ0v) is 14.6. The average Bonchev–Trinajstić information content (AvgIpc) is 2.51. The van der Waals surface area contributed by atoms with E-state index >= 15 is 0 Å². The van der Waals surface area contributed by atoms with Gasteiger partial charge in [-0.2, -0.15) is 0 Å². The molecule has 0 saturated heterocycles. The van der Waals surface area contributed by atoms with Crippen LogP contribution in [0.4, 0.5) is 4.39 Å². The standard InChI is InChI=1S/C16H20FNO4S/c1-6-22-16(20)11(9-18(2)3)13(19)10-7-8-12(17)14(21-4)15(10)23-5/h7-9H,6H2,1-5H3/b11-9-. The predicted molar refractivity (Wildman–Crippen MR) is 87.5 cm³/mol. The summed E-state index contributed by atoms with van der Waals surface area (Å²) in [5, 5.41) is 0. The third-order valence-corrected chi connectivity index (χ3v) is 3.66. The van der Waals surface area contributed by atoms with E-state index in [0.717, 1.165) is 6.07 Å². The second kappa shape index (κ2) is 8.57. The molecule has 0 unspecified atom stereocenters. The number of methoxy groups -OCH3 is 1. The molecule has 0 saturated carbocycles. The van der Waals surface area contributed by atoms with Gasteiger partial charge in [0, 0.05) is 25.9 Å². The molecule has 0 radical (unpaired) electrons. The maximum atomic E-state index is 13.8. The van der Waals surface area contributed by atoms with Gasteiger partial charge in [0.1, 0.15) is 5.57 Å². The second-order valence-electron chi connectivity index (χ2n) is 4.72. The van der Waals surface area contributed by atoms with Gasteiger partial charge in [-0.05, 0) is 25.3 Å². The summed E-state index contributed by atoms with van der Waals surface area (Å²) in [5.41, 5.74) is 0.0673. The lowest BCUT2D eigenvalue weighted by molar-refractivity contribution is -0.138. The van der Waals surface area contributed by atoms with E-state index in [1.165, 1.54) is 31.1 Å². The van der Waals surface area contributed by atoms with Crippen molar-refractivity contribution < 1.29 is 23.5 Å². The van der Waals surface area contributed by atoms with Crippen LogP contribution in [0.1, 0.15) is 17.3 Å². The first-order valence-corrected chi connectivity index (χ1v) is 8.10. The zero-order valence-electron chi connectivity index (χ0n) is 13.8. The first kappa shape index (κ1) is 19.0. The average molecular weight is 341 g/mol. The molecule has 0 N–H and O–H groups in total. The Morgan fingerprint density at radius 1 is 1.35 bits per heavy atom. The van der Waals surface area contributed by atoms with Crippen molar-refractivity contribution in [1.29, 1.82) is 0 Å². The van der Waals surface area contributed by atoms with Crippen LogP contribution in [0.5, 0.6) is 5.75 Å². The summed E-state index contributed by atoms with van der Waals surface area (Å²) < 4.78 is 23.8. The summed E-state index contributed by atoms with van der Waals surface area (Å²) in [6.45, 7) is 1.81. The normalized spacial score (nSPS) is 11.1. The smallest absolute Gasteiger partial charge is 0.343 e. The highest BCUT2D eigenvalue weighted by atomic mass is 32.2. The fraction of sp³-hybridized carbons (Fsp3) is 0.375. The Labute approximate surface area is 139 Å². The lowest BCUT2D eigenvalue weighted by Gasteiger charge is -2.14. The molecule has 5 nitrogen and oxygen atoms in total. The fourth-order valence-electron chi connectivity index (χ4n) is 1.93. The monoisotopic (exact) mass is 341 g/mol. The molecule has 0 aliphatic heterocycles. The summed E-state index contributed by atoms with van der Waals surface area (Å²) in [6.07, 6.45) is 3.09. The second-order valence-corrected chi connectivity index (χ2v) is 5.53. The number of benzene rings is 1. The Bertz CT molecular complexity index is 629. The van der Waals surface area contributed by atoms with E-state index in [1.807, 2.05) is 0 Å². The number of ketones is 1. The molecule has 0 fully saturated rings. The van der Waals surface area contributed by atoms with Gasteiger partial charge in [0.15, 0.2) is 11.6 Å². The first-order valence-electron chi connectivity index (χ1n) is 6.87. The SMILES string of the molecule is CCOC(=O)/C(=C\N(C)C)C(=O)c1ccc(F)c(OC)c1SC. The Morgan fingerprint density at radius 2 is 2.00 bits per heavy atom. The summed E-state index contributed by atoms with van der Waals surface area (Å²) in [6, 6.07) is 2.49. The van der Waals surface area contributed by atoms with E-state index in [-0.39, 0.29) is 23.5 Å². The van der Waals surface area contributed by atoms with E-state index in [4.69, 9.17) is 9.47 Å². The van der Waals surface area contributed by atoms with Crippen molar-refractivity contribution in [2.45, 2.75) is 11.8 Å². The molecule has 0 aliphatic carbocycles. The van der Waals surface area contributed by atoms with Crippen molar-refractivity contribution in [3.8, 4) is 5.75 Å². The van der Waals surface area contributed by atoms with E-state index in [0.29, 0.717) is 4.90 Å². The third-order valence-electron chi connectivity index (χ3n) is 2.84. The van der Waals surface area contributed by atoms with Crippen LogP contribution in [-0.2, 0) is 9.53 Å². The van der Waals surface area contributed by atoms with Gasteiger partial charge >= 0.3 is 5.97 Å². The number of rotatable bonds is 7. The Kier molecular flexibility index (Phi) is 7.09. The van der Waals surface area contributed by atoms with E-state index in [1.54, 1.807) is 32.2 Å². The maximum Gasteiger partial charge on any atom is 0.343 e. The zero-order chi connectivity index (χ0) is 17.6. The molecule has 1 rings (SSSR count). The van der Waals surface area contributed by atoms with Crippen molar-refractivity contribution >= 4 is 23.5 Å². The first-order chi connectivity index (χ1) is 10.9. The minimum atomic E-state index is -0.721. The lowest BCUT2D eigenvalue weighted by Crippen LogP contribution is -2.20. The number of carbonyl (C=O) groups excluding carboxylic acids is 2. The van der Waals surface area contributed by atoms with Gasteiger partial charge in [-0.1, -0.05) is 0 Å². The molecule has 0 heterocycles. The van der Waals surface area contributed by atoms with Crippen LogP contribution in [0.25, 0.3) is 0 Å². The summed E-state index contributed by atoms with van der Waals surface area (Å²) >= 11 is 1.17. The Balaban J connectivity index is 3.43. The molecular formula is C16H20FNO4S. The molecule has 7 heteroatoms. The van der Waals surface area contributed by atoms with Crippen molar-refractivity contribution in [2.24, 2.45) is 0 Å². The van der Waals surface area contributed by atoms with Crippen LogP contribution in [0, 0.1) is 5.82 Å². The highest BCUT2D eigenvalue weighted by Gasteiger charge is 2.26. The number of hydrogen-bond donors (Lipinski definition) is 0. The van der Waals surface area contributed by atoms with Gasteiger partial charge in [-0.25, -0.2) is 9.18 Å². The van der Waals surface area contributed by atoms with Gasteiger partial charge in [0.25, 0.3) is 0 Å². The van der Waals surface area contributed by atoms with Crippen molar-refractivity contribution in [3.63, 3.8) is 0 Å². The number of thioether (sulfide) groups is 1. The fourth-order valence-corrected chi connectivity index (χ4v) is 2.67. The van der Waals surface area contributed by atoms with Crippen LogP contribution in [0.3, 0.4) is 0 Å². The molecule has 0 amide bonds. The van der Waals surface area contributed by atoms with Gasteiger partial charge < -0.3 is 14.4 Å². The number of esters is 1. The Hall–Kier alpha value is -2.02. The Morgan fingerprint density at radius 3 is 2.48 bits per heavy atom. The number of halogens is 1. The van der Waals surface area contributed by atoms with Crippen LogP contribution in [-0.4, -0.2) is 50.7 Å². The van der Waals surface area contributed by atoms with Gasteiger partial charge in [0.05, 0.1) is 18.6 Å². The van der Waals surface area contributed by atoms with E-state index in [9.17, 15) is 14.0 Å². The summed E-state index contributed by atoms with van der Waals surface area (Å²) in [4.78, 5) is 26.7. The van der Waals surface area contributed by atoms with Gasteiger partial charge in [-0.3, -0.25) is 4.79 Å². The third kappa shape index (κ3) is 4.48. The molecule has 0 spiro atoms. The van der Waals surface area contributed by atoms with Crippen LogP contribution in [0.2, 0.25) is 0 Å². The molecule has 0 atom stereocenters. The number of Topliss-reactive ketones (excluding diaryl/α,β-unsaturated/α-hetero) is 1. The minimum absolute atomic E-state index is 0.0172. The molecule has 23 heavy (non-hydrogen) atoms. The molecule has 126 valence electrons.